The molecule has 2 aromatic rings. The molecule has 0 bridgehead atoms. The fraction of sp³-hybridized carbons (Fsp3) is 0.556. The average molecular weight is 503 g/mol. The summed E-state index contributed by atoms with van der Waals surface area (Å²) in [5.74, 6) is -0.655. The predicted molar refractivity (Wildman–Crippen MR) is 122 cm³/mol. The molecule has 1 aliphatic carbocycles. The van der Waals surface area contributed by atoms with E-state index in [9.17, 15) is 26.3 Å². The fourth-order valence-electron chi connectivity index (χ4n) is 4.78. The number of ether oxygens (including phenoxy) is 2. The van der Waals surface area contributed by atoms with Crippen molar-refractivity contribution >= 4 is 0 Å². The van der Waals surface area contributed by atoms with Gasteiger partial charge in [0, 0.05) is 0 Å². The van der Waals surface area contributed by atoms with Crippen molar-refractivity contribution in [2.75, 3.05) is 0 Å². The molecule has 0 aromatic heterocycles. The molecule has 0 spiro atoms. The predicted octanol–water partition coefficient (Wildman–Crippen LogP) is 9.41. The van der Waals surface area contributed by atoms with Crippen molar-refractivity contribution in [2.24, 2.45) is 5.92 Å². The normalized spacial score (nSPS) is 20.0. The van der Waals surface area contributed by atoms with Gasteiger partial charge >= 0.3 is 12.5 Å². The summed E-state index contributed by atoms with van der Waals surface area (Å²) in [4.78, 5) is 0. The SMILES string of the molecule is CCCCCC1CCC(c2ccc(C(F)(F)OC(C)c3ccc(OC(F)(F)F)cc3)c(F)c2)CC1. The van der Waals surface area contributed by atoms with Gasteiger partial charge in [0.15, 0.2) is 0 Å². The molecule has 2 nitrogen and oxygen atoms in total. The van der Waals surface area contributed by atoms with Gasteiger partial charge in [0.1, 0.15) is 11.6 Å². The Morgan fingerprint density at radius 1 is 0.914 bits per heavy atom. The van der Waals surface area contributed by atoms with Crippen LogP contribution >= 0.6 is 0 Å². The zero-order chi connectivity index (χ0) is 25.6. The minimum Gasteiger partial charge on any atom is -0.406 e. The van der Waals surface area contributed by atoms with Crippen molar-refractivity contribution in [1.82, 2.24) is 0 Å². The molecule has 1 atom stereocenters. The second-order valence-corrected chi connectivity index (χ2v) is 9.35. The highest BCUT2D eigenvalue weighted by atomic mass is 19.4. The van der Waals surface area contributed by atoms with Crippen LogP contribution in [0.1, 0.15) is 93.9 Å². The van der Waals surface area contributed by atoms with E-state index >= 15 is 0 Å². The lowest BCUT2D eigenvalue weighted by Crippen LogP contribution is -2.22. The van der Waals surface area contributed by atoms with E-state index in [1.807, 2.05) is 0 Å². The molecule has 35 heavy (non-hydrogen) atoms. The van der Waals surface area contributed by atoms with E-state index in [2.05, 4.69) is 11.7 Å². The van der Waals surface area contributed by atoms with E-state index in [1.54, 1.807) is 6.07 Å². The van der Waals surface area contributed by atoms with Gasteiger partial charge in [-0.1, -0.05) is 50.8 Å². The smallest absolute Gasteiger partial charge is 0.406 e. The largest absolute Gasteiger partial charge is 0.573 e. The molecule has 0 saturated heterocycles. The zero-order valence-electron chi connectivity index (χ0n) is 20.0. The zero-order valence-corrected chi connectivity index (χ0v) is 20.0. The minimum atomic E-state index is -4.85. The number of rotatable bonds is 10. The molecule has 0 N–H and O–H groups in total. The van der Waals surface area contributed by atoms with Crippen LogP contribution in [0.4, 0.5) is 26.3 Å². The van der Waals surface area contributed by atoms with Crippen molar-refractivity contribution in [2.45, 2.75) is 89.7 Å². The lowest BCUT2D eigenvalue weighted by molar-refractivity contribution is -0.274. The Labute approximate surface area is 202 Å². The van der Waals surface area contributed by atoms with Gasteiger partial charge in [-0.3, -0.25) is 0 Å². The van der Waals surface area contributed by atoms with Crippen molar-refractivity contribution < 1.29 is 35.8 Å². The number of hydrogen-bond donors (Lipinski definition) is 0. The molecule has 0 radical (unpaired) electrons. The lowest BCUT2D eigenvalue weighted by Gasteiger charge is -2.29. The summed E-state index contributed by atoms with van der Waals surface area (Å²) in [6, 6.07) is 8.21. The van der Waals surface area contributed by atoms with Crippen LogP contribution in [0.25, 0.3) is 0 Å². The van der Waals surface area contributed by atoms with Gasteiger partial charge in [-0.15, -0.1) is 13.2 Å². The highest BCUT2D eigenvalue weighted by Gasteiger charge is 2.39. The molecule has 2 aromatic carbocycles. The lowest BCUT2D eigenvalue weighted by atomic mass is 9.77. The standard InChI is InChI=1S/C27H32F6O2/c1-3-4-5-6-19-7-9-21(10-8-19)22-13-16-24(25(28)17-22)26(29,30)34-18(2)20-11-14-23(15-12-20)35-27(31,32)33/h11-19,21H,3-10H2,1-2H3. The van der Waals surface area contributed by atoms with Crippen molar-refractivity contribution in [1.29, 1.82) is 0 Å². The summed E-state index contributed by atoms with van der Waals surface area (Å²) >= 11 is 0. The van der Waals surface area contributed by atoms with Gasteiger partial charge in [-0.2, -0.15) is 8.78 Å². The molecule has 1 fully saturated rings. The third-order valence-corrected chi connectivity index (χ3v) is 6.75. The van der Waals surface area contributed by atoms with Crippen LogP contribution in [-0.4, -0.2) is 6.36 Å². The molecule has 194 valence electrons. The van der Waals surface area contributed by atoms with E-state index < -0.39 is 35.7 Å². The third-order valence-electron chi connectivity index (χ3n) is 6.75. The van der Waals surface area contributed by atoms with Crippen LogP contribution in [0.5, 0.6) is 5.75 Å². The maximum atomic E-state index is 14.8. The monoisotopic (exact) mass is 502 g/mol. The molecule has 0 aliphatic heterocycles. The van der Waals surface area contributed by atoms with E-state index in [0.717, 1.165) is 49.4 Å². The Bertz CT molecular complexity index is 934. The van der Waals surface area contributed by atoms with Crippen molar-refractivity contribution in [3.8, 4) is 5.75 Å². The fourth-order valence-corrected chi connectivity index (χ4v) is 4.78. The quantitative estimate of drug-likeness (QED) is 0.238. The summed E-state index contributed by atoms with van der Waals surface area (Å²) in [7, 11) is 0. The summed E-state index contributed by atoms with van der Waals surface area (Å²) < 4.78 is 89.8. The summed E-state index contributed by atoms with van der Waals surface area (Å²) in [5, 5.41) is 0. The van der Waals surface area contributed by atoms with Crippen LogP contribution in [0, 0.1) is 11.7 Å². The highest BCUT2D eigenvalue weighted by molar-refractivity contribution is 5.31. The van der Waals surface area contributed by atoms with Crippen LogP contribution in [0.3, 0.4) is 0 Å². The number of hydrogen-bond acceptors (Lipinski definition) is 2. The summed E-state index contributed by atoms with van der Waals surface area (Å²) in [6.07, 6.45) is -1.11. The second kappa shape index (κ2) is 11.7. The van der Waals surface area contributed by atoms with Crippen molar-refractivity contribution in [3.05, 3.63) is 65.0 Å². The molecule has 8 heteroatoms. The van der Waals surface area contributed by atoms with Crippen LogP contribution < -0.4 is 4.74 Å². The van der Waals surface area contributed by atoms with Gasteiger partial charge in [-0.05, 0) is 79.8 Å². The average Bonchev–Trinajstić information content (AvgIpc) is 2.78. The first-order chi connectivity index (χ1) is 16.5. The van der Waals surface area contributed by atoms with Crippen LogP contribution in [-0.2, 0) is 10.8 Å². The van der Waals surface area contributed by atoms with Crippen LogP contribution in [0.2, 0.25) is 0 Å². The molecule has 1 unspecified atom stereocenters. The van der Waals surface area contributed by atoms with E-state index in [0.29, 0.717) is 5.92 Å². The van der Waals surface area contributed by atoms with Crippen molar-refractivity contribution in [3.63, 3.8) is 0 Å². The highest BCUT2D eigenvalue weighted by Crippen LogP contribution is 2.41. The number of alkyl halides is 5. The molecule has 1 aliphatic rings. The van der Waals surface area contributed by atoms with Gasteiger partial charge in [-0.25, -0.2) is 4.39 Å². The first kappa shape index (κ1) is 27.4. The first-order valence-electron chi connectivity index (χ1n) is 12.2. The summed E-state index contributed by atoms with van der Waals surface area (Å²) in [5.41, 5.74) is 0.0626. The molecular formula is C27H32F6O2. The Hall–Kier alpha value is -2.22. The molecule has 1 saturated carbocycles. The molecule has 0 heterocycles. The van der Waals surface area contributed by atoms with Gasteiger partial charge < -0.3 is 9.47 Å². The molecule has 3 rings (SSSR count). The number of unbranched alkanes of at least 4 members (excludes halogenated alkanes) is 2. The third kappa shape index (κ3) is 7.89. The second-order valence-electron chi connectivity index (χ2n) is 9.35. The van der Waals surface area contributed by atoms with Gasteiger partial charge in [0.05, 0.1) is 11.7 Å². The Kier molecular flexibility index (Phi) is 9.13. The van der Waals surface area contributed by atoms with Crippen LogP contribution in [0.15, 0.2) is 42.5 Å². The van der Waals surface area contributed by atoms with E-state index in [-0.39, 0.29) is 11.5 Å². The Morgan fingerprint density at radius 3 is 2.14 bits per heavy atom. The van der Waals surface area contributed by atoms with E-state index in [1.165, 1.54) is 50.8 Å². The number of halogens is 6. The molecular weight excluding hydrogens is 470 g/mol. The van der Waals surface area contributed by atoms with E-state index in [4.69, 9.17) is 4.74 Å². The Balaban J connectivity index is 1.61. The molecule has 0 amide bonds. The maximum Gasteiger partial charge on any atom is 0.573 e. The summed E-state index contributed by atoms with van der Waals surface area (Å²) in [6.45, 7) is 3.50. The first-order valence-corrected chi connectivity index (χ1v) is 12.2. The van der Waals surface area contributed by atoms with Gasteiger partial charge in [0.2, 0.25) is 0 Å². The topological polar surface area (TPSA) is 18.5 Å². The Morgan fingerprint density at radius 2 is 1.57 bits per heavy atom. The maximum absolute atomic E-state index is 14.8. The number of benzene rings is 2. The van der Waals surface area contributed by atoms with Gasteiger partial charge in [0.25, 0.3) is 0 Å². The minimum absolute atomic E-state index is 0.159.